The Morgan fingerprint density at radius 2 is 1.59 bits per heavy atom. The molecule has 2 aromatic carbocycles. The van der Waals surface area contributed by atoms with Crippen LogP contribution >= 0.6 is 0 Å². The van der Waals surface area contributed by atoms with Crippen molar-refractivity contribution in [3.63, 3.8) is 0 Å². The summed E-state index contributed by atoms with van der Waals surface area (Å²) in [5, 5.41) is 6.18. The van der Waals surface area contributed by atoms with E-state index in [0.717, 1.165) is 36.0 Å². The summed E-state index contributed by atoms with van der Waals surface area (Å²) < 4.78 is 0. The Balaban J connectivity index is 1.43. The van der Waals surface area contributed by atoms with Crippen molar-refractivity contribution in [3.05, 3.63) is 71.9 Å². The van der Waals surface area contributed by atoms with Gasteiger partial charge in [-0.1, -0.05) is 18.2 Å². The first kappa shape index (κ1) is 18.9. The molecule has 0 radical (unpaired) electrons. The number of hydrogen-bond donors (Lipinski definition) is 2. The molecule has 1 fully saturated rings. The SMILES string of the molecule is Cc1cc(N2CCCCC2)nc(Nc2ccc(NC(=O)c3ccccc3)cc2)n1. The van der Waals surface area contributed by atoms with Crippen LogP contribution in [-0.2, 0) is 0 Å². The van der Waals surface area contributed by atoms with E-state index in [-0.39, 0.29) is 5.91 Å². The molecule has 1 aliphatic rings. The number of hydrogen-bond acceptors (Lipinski definition) is 5. The highest BCUT2D eigenvalue weighted by atomic mass is 16.1. The summed E-state index contributed by atoms with van der Waals surface area (Å²) in [6, 6.07) is 18.8. The first-order valence-electron chi connectivity index (χ1n) is 10.0. The lowest BCUT2D eigenvalue weighted by Crippen LogP contribution is -2.30. The van der Waals surface area contributed by atoms with Crippen LogP contribution in [0.25, 0.3) is 0 Å². The molecule has 0 spiro atoms. The highest BCUT2D eigenvalue weighted by Crippen LogP contribution is 2.22. The third-order valence-corrected chi connectivity index (χ3v) is 4.96. The minimum absolute atomic E-state index is 0.125. The molecule has 1 saturated heterocycles. The molecule has 0 aliphatic carbocycles. The summed E-state index contributed by atoms with van der Waals surface area (Å²) in [6.07, 6.45) is 3.71. The number of rotatable bonds is 5. The predicted octanol–water partition coefficient (Wildman–Crippen LogP) is 4.77. The Labute approximate surface area is 171 Å². The molecule has 6 heteroatoms. The Hall–Kier alpha value is -3.41. The van der Waals surface area contributed by atoms with E-state index in [1.54, 1.807) is 12.1 Å². The van der Waals surface area contributed by atoms with Crippen LogP contribution in [0.2, 0.25) is 0 Å². The second-order valence-electron chi connectivity index (χ2n) is 7.26. The van der Waals surface area contributed by atoms with E-state index in [9.17, 15) is 4.79 Å². The Morgan fingerprint density at radius 1 is 0.897 bits per heavy atom. The monoisotopic (exact) mass is 387 g/mol. The zero-order chi connectivity index (χ0) is 20.1. The maximum Gasteiger partial charge on any atom is 0.255 e. The molecule has 0 bridgehead atoms. The highest BCUT2D eigenvalue weighted by molar-refractivity contribution is 6.04. The van der Waals surface area contributed by atoms with Gasteiger partial charge in [0.2, 0.25) is 5.95 Å². The number of aryl methyl sites for hydroxylation is 1. The van der Waals surface area contributed by atoms with Crippen molar-refractivity contribution in [1.82, 2.24) is 9.97 Å². The number of benzene rings is 2. The van der Waals surface area contributed by atoms with Gasteiger partial charge in [-0.15, -0.1) is 0 Å². The Bertz CT molecular complexity index is 966. The molecule has 0 atom stereocenters. The molecule has 1 aromatic heterocycles. The number of anilines is 4. The Kier molecular flexibility index (Phi) is 5.70. The topological polar surface area (TPSA) is 70.2 Å². The largest absolute Gasteiger partial charge is 0.356 e. The summed E-state index contributed by atoms with van der Waals surface area (Å²) >= 11 is 0. The minimum Gasteiger partial charge on any atom is -0.356 e. The van der Waals surface area contributed by atoms with E-state index in [4.69, 9.17) is 4.98 Å². The van der Waals surface area contributed by atoms with Crippen molar-refractivity contribution in [2.45, 2.75) is 26.2 Å². The zero-order valence-electron chi connectivity index (χ0n) is 16.6. The molecule has 1 aliphatic heterocycles. The van der Waals surface area contributed by atoms with E-state index in [1.165, 1.54) is 19.3 Å². The molecule has 148 valence electrons. The summed E-state index contributed by atoms with van der Waals surface area (Å²) in [7, 11) is 0. The van der Waals surface area contributed by atoms with E-state index in [2.05, 4.69) is 20.5 Å². The molecule has 2 N–H and O–H groups in total. The second kappa shape index (κ2) is 8.73. The standard InChI is InChI=1S/C23H25N5O/c1-17-16-21(28-14-6-3-7-15-28)27-23(24-17)26-20-12-10-19(11-13-20)25-22(29)18-8-4-2-5-9-18/h2,4-5,8-13,16H,3,6-7,14-15H2,1H3,(H,25,29)(H,24,26,27). The van der Waals surface area contributed by atoms with Gasteiger partial charge < -0.3 is 15.5 Å². The summed E-state index contributed by atoms with van der Waals surface area (Å²) in [4.78, 5) is 23.8. The fraction of sp³-hybridized carbons (Fsp3) is 0.261. The van der Waals surface area contributed by atoms with Crippen LogP contribution < -0.4 is 15.5 Å². The lowest BCUT2D eigenvalue weighted by Gasteiger charge is -2.28. The maximum absolute atomic E-state index is 12.3. The van der Waals surface area contributed by atoms with Crippen molar-refractivity contribution in [1.29, 1.82) is 0 Å². The first-order chi connectivity index (χ1) is 14.2. The van der Waals surface area contributed by atoms with Crippen molar-refractivity contribution >= 4 is 29.0 Å². The third-order valence-electron chi connectivity index (χ3n) is 4.96. The Morgan fingerprint density at radius 3 is 2.31 bits per heavy atom. The number of amides is 1. The molecule has 2 heterocycles. The van der Waals surface area contributed by atoms with Crippen molar-refractivity contribution < 1.29 is 4.79 Å². The quantitative estimate of drug-likeness (QED) is 0.660. The molecule has 1 amide bonds. The number of piperidine rings is 1. The molecular formula is C23H25N5O. The van der Waals surface area contributed by atoms with Gasteiger partial charge in [-0.25, -0.2) is 4.98 Å². The van der Waals surface area contributed by atoms with E-state index in [1.807, 2.05) is 55.5 Å². The van der Waals surface area contributed by atoms with Crippen LogP contribution in [-0.4, -0.2) is 29.0 Å². The van der Waals surface area contributed by atoms with Crippen molar-refractivity contribution in [2.24, 2.45) is 0 Å². The molecule has 0 saturated carbocycles. The average molecular weight is 387 g/mol. The molecule has 3 aromatic rings. The van der Waals surface area contributed by atoms with Gasteiger partial charge in [-0.3, -0.25) is 4.79 Å². The van der Waals surface area contributed by atoms with Gasteiger partial charge in [0.1, 0.15) is 5.82 Å². The normalized spacial score (nSPS) is 13.8. The van der Waals surface area contributed by atoms with Gasteiger partial charge in [0.15, 0.2) is 0 Å². The third kappa shape index (κ3) is 4.90. The number of carbonyl (C=O) groups is 1. The van der Waals surface area contributed by atoms with E-state index in [0.29, 0.717) is 11.5 Å². The van der Waals surface area contributed by atoms with Gasteiger partial charge in [-0.05, 0) is 62.6 Å². The molecule has 0 unspecified atom stereocenters. The second-order valence-corrected chi connectivity index (χ2v) is 7.26. The molecule has 6 nitrogen and oxygen atoms in total. The lowest BCUT2D eigenvalue weighted by atomic mass is 10.1. The summed E-state index contributed by atoms with van der Waals surface area (Å²) in [5.74, 6) is 1.44. The number of carbonyl (C=O) groups excluding carboxylic acids is 1. The predicted molar refractivity (Wildman–Crippen MR) is 117 cm³/mol. The number of aromatic nitrogens is 2. The van der Waals surface area contributed by atoms with Gasteiger partial charge >= 0.3 is 0 Å². The minimum atomic E-state index is -0.125. The highest BCUT2D eigenvalue weighted by Gasteiger charge is 2.14. The first-order valence-corrected chi connectivity index (χ1v) is 10.0. The fourth-order valence-corrected chi connectivity index (χ4v) is 3.45. The molecular weight excluding hydrogens is 362 g/mol. The van der Waals surface area contributed by atoms with Gasteiger partial charge in [0.25, 0.3) is 5.91 Å². The van der Waals surface area contributed by atoms with Crippen LogP contribution in [0.3, 0.4) is 0 Å². The summed E-state index contributed by atoms with van der Waals surface area (Å²) in [6.45, 7) is 4.08. The van der Waals surface area contributed by atoms with Crippen molar-refractivity contribution in [2.75, 3.05) is 28.6 Å². The summed E-state index contributed by atoms with van der Waals surface area (Å²) in [5.41, 5.74) is 3.18. The van der Waals surface area contributed by atoms with Crippen LogP contribution in [0.4, 0.5) is 23.1 Å². The van der Waals surface area contributed by atoms with E-state index < -0.39 is 0 Å². The lowest BCUT2D eigenvalue weighted by molar-refractivity contribution is 0.102. The number of nitrogens with zero attached hydrogens (tertiary/aromatic N) is 3. The average Bonchev–Trinajstić information content (AvgIpc) is 2.76. The van der Waals surface area contributed by atoms with Crippen LogP contribution in [0.5, 0.6) is 0 Å². The van der Waals surface area contributed by atoms with Crippen LogP contribution in [0.1, 0.15) is 35.3 Å². The maximum atomic E-state index is 12.3. The number of nitrogens with one attached hydrogen (secondary N) is 2. The molecule has 4 rings (SSSR count). The van der Waals surface area contributed by atoms with Gasteiger partial charge in [-0.2, -0.15) is 4.98 Å². The fourth-order valence-electron chi connectivity index (χ4n) is 3.45. The van der Waals surface area contributed by atoms with Crippen LogP contribution in [0.15, 0.2) is 60.7 Å². The van der Waals surface area contributed by atoms with Gasteiger partial charge in [0.05, 0.1) is 0 Å². The zero-order valence-corrected chi connectivity index (χ0v) is 16.6. The van der Waals surface area contributed by atoms with Crippen molar-refractivity contribution in [3.8, 4) is 0 Å². The van der Waals surface area contributed by atoms with E-state index >= 15 is 0 Å². The van der Waals surface area contributed by atoms with Gasteiger partial charge in [0, 0.05) is 41.8 Å². The smallest absolute Gasteiger partial charge is 0.255 e. The molecule has 29 heavy (non-hydrogen) atoms. The van der Waals surface area contributed by atoms with Crippen LogP contribution in [0, 0.1) is 6.92 Å².